The minimum Gasteiger partial charge on any atom is -0.497 e. The third-order valence-electron chi connectivity index (χ3n) is 4.23. The van der Waals surface area contributed by atoms with E-state index in [1.807, 2.05) is 55.6 Å². The summed E-state index contributed by atoms with van der Waals surface area (Å²) in [4.78, 5) is 14.2. The molecule has 0 heterocycles. The number of carbonyl (C=O) groups excluding carboxylic acids is 1. The topological polar surface area (TPSA) is 29.5 Å². The Bertz CT molecular complexity index is 890. The summed E-state index contributed by atoms with van der Waals surface area (Å²) in [6, 6.07) is 19.6. The summed E-state index contributed by atoms with van der Waals surface area (Å²) in [5.74, 6) is 0.924. The van der Waals surface area contributed by atoms with Crippen LogP contribution in [0.25, 0.3) is 10.8 Å². The number of hydrogen-bond acceptors (Lipinski definition) is 2. The van der Waals surface area contributed by atoms with Crippen molar-refractivity contribution in [2.75, 3.05) is 14.2 Å². The van der Waals surface area contributed by atoms with Crippen molar-refractivity contribution in [2.45, 2.75) is 13.0 Å². The molecule has 3 rings (SSSR count). The highest BCUT2D eigenvalue weighted by molar-refractivity contribution is 6.30. The molecule has 0 aliphatic heterocycles. The number of carbonyl (C=O) groups is 1. The van der Waals surface area contributed by atoms with Gasteiger partial charge in [0.05, 0.1) is 13.5 Å². The molecule has 0 bridgehead atoms. The monoisotopic (exact) mass is 353 g/mol. The zero-order chi connectivity index (χ0) is 17.8. The number of likely N-dealkylation sites (N-methyl/N-ethyl adjacent to an activating group) is 1. The lowest BCUT2D eigenvalue weighted by molar-refractivity contribution is -0.129. The maximum absolute atomic E-state index is 12.4. The Labute approximate surface area is 152 Å². The molecule has 0 radical (unpaired) electrons. The number of amides is 1. The van der Waals surface area contributed by atoms with Crippen molar-refractivity contribution in [2.24, 2.45) is 0 Å². The summed E-state index contributed by atoms with van der Waals surface area (Å²) in [5.41, 5.74) is 2.07. The van der Waals surface area contributed by atoms with Gasteiger partial charge in [-0.05, 0) is 52.2 Å². The first kappa shape index (κ1) is 17.3. The molecule has 1 amide bonds. The van der Waals surface area contributed by atoms with E-state index in [2.05, 4.69) is 12.1 Å². The zero-order valence-electron chi connectivity index (χ0n) is 14.3. The minimum absolute atomic E-state index is 0.0807. The quantitative estimate of drug-likeness (QED) is 0.665. The second-order valence-electron chi connectivity index (χ2n) is 6.10. The van der Waals surface area contributed by atoms with Crippen molar-refractivity contribution >= 4 is 28.3 Å². The predicted molar refractivity (Wildman–Crippen MR) is 102 cm³/mol. The van der Waals surface area contributed by atoms with Crippen LogP contribution in [0, 0.1) is 0 Å². The van der Waals surface area contributed by atoms with E-state index in [4.69, 9.17) is 16.3 Å². The third kappa shape index (κ3) is 4.31. The Hall–Kier alpha value is -2.52. The second kappa shape index (κ2) is 7.58. The van der Waals surface area contributed by atoms with E-state index < -0.39 is 0 Å². The fourth-order valence-electron chi connectivity index (χ4n) is 2.77. The van der Waals surface area contributed by atoms with Gasteiger partial charge >= 0.3 is 0 Å². The van der Waals surface area contributed by atoms with E-state index in [9.17, 15) is 4.79 Å². The molecule has 0 saturated carbocycles. The summed E-state index contributed by atoms with van der Waals surface area (Å²) in [7, 11) is 3.49. The fourth-order valence-corrected chi connectivity index (χ4v) is 2.90. The maximum Gasteiger partial charge on any atom is 0.227 e. The van der Waals surface area contributed by atoms with Crippen molar-refractivity contribution in [1.29, 1.82) is 0 Å². The lowest BCUT2D eigenvalue weighted by Gasteiger charge is -2.18. The number of hydrogen-bond donors (Lipinski definition) is 0. The van der Waals surface area contributed by atoms with Crippen LogP contribution in [-0.2, 0) is 17.8 Å². The lowest BCUT2D eigenvalue weighted by atomic mass is 10.1. The molecule has 0 aliphatic rings. The first-order chi connectivity index (χ1) is 12.0. The van der Waals surface area contributed by atoms with Crippen LogP contribution in [0.15, 0.2) is 60.7 Å². The summed E-state index contributed by atoms with van der Waals surface area (Å²) in [6.07, 6.45) is 0.373. The molecule has 0 aromatic heterocycles. The van der Waals surface area contributed by atoms with E-state index in [1.54, 1.807) is 12.0 Å². The van der Waals surface area contributed by atoms with Crippen LogP contribution < -0.4 is 4.74 Å². The van der Waals surface area contributed by atoms with Gasteiger partial charge in [0.2, 0.25) is 5.91 Å². The largest absolute Gasteiger partial charge is 0.497 e. The second-order valence-corrected chi connectivity index (χ2v) is 6.54. The zero-order valence-corrected chi connectivity index (χ0v) is 15.1. The van der Waals surface area contributed by atoms with Crippen LogP contribution in [0.5, 0.6) is 5.75 Å². The number of methoxy groups -OCH3 is 1. The van der Waals surface area contributed by atoms with E-state index >= 15 is 0 Å². The third-order valence-corrected chi connectivity index (χ3v) is 4.48. The molecule has 3 nitrogen and oxygen atoms in total. The van der Waals surface area contributed by atoms with Gasteiger partial charge in [-0.25, -0.2) is 0 Å². The first-order valence-corrected chi connectivity index (χ1v) is 8.48. The van der Waals surface area contributed by atoms with Gasteiger partial charge in [-0.3, -0.25) is 4.79 Å². The molecule has 0 unspecified atom stereocenters. The van der Waals surface area contributed by atoms with Crippen molar-refractivity contribution in [3.63, 3.8) is 0 Å². The molecule has 0 N–H and O–H groups in total. The Kier molecular flexibility index (Phi) is 5.25. The molecule has 0 aliphatic carbocycles. The van der Waals surface area contributed by atoms with Crippen LogP contribution in [0.2, 0.25) is 5.02 Å². The molecule has 3 aromatic rings. The highest BCUT2D eigenvalue weighted by atomic mass is 35.5. The average molecular weight is 354 g/mol. The number of halogens is 1. The number of rotatable bonds is 5. The van der Waals surface area contributed by atoms with Crippen LogP contribution in [0.3, 0.4) is 0 Å². The van der Waals surface area contributed by atoms with Crippen LogP contribution in [0.4, 0.5) is 0 Å². The van der Waals surface area contributed by atoms with Crippen molar-refractivity contribution < 1.29 is 9.53 Å². The summed E-state index contributed by atoms with van der Waals surface area (Å²) >= 11 is 5.88. The van der Waals surface area contributed by atoms with Crippen molar-refractivity contribution in [3.05, 3.63) is 76.8 Å². The molecule has 0 spiro atoms. The summed E-state index contributed by atoms with van der Waals surface area (Å²) < 4.78 is 5.25. The molecular weight excluding hydrogens is 334 g/mol. The Balaban J connectivity index is 1.69. The standard InChI is InChI=1S/C21H20ClNO2/c1-23(21(24)12-15-4-8-19(22)9-5-15)14-16-3-6-18-13-20(25-2)10-7-17(18)11-16/h3-11,13H,12,14H2,1-2H3. The van der Waals surface area contributed by atoms with Crippen LogP contribution in [-0.4, -0.2) is 25.0 Å². The van der Waals surface area contributed by atoms with Crippen LogP contribution >= 0.6 is 11.6 Å². The summed E-state index contributed by atoms with van der Waals surface area (Å²) in [5, 5.41) is 2.94. The SMILES string of the molecule is COc1ccc2cc(CN(C)C(=O)Cc3ccc(Cl)cc3)ccc2c1. The minimum atomic E-state index is 0.0807. The highest BCUT2D eigenvalue weighted by Crippen LogP contribution is 2.22. The van der Waals surface area contributed by atoms with E-state index in [-0.39, 0.29) is 5.91 Å². The molecule has 128 valence electrons. The highest BCUT2D eigenvalue weighted by Gasteiger charge is 2.11. The normalized spacial score (nSPS) is 10.7. The molecule has 4 heteroatoms. The van der Waals surface area contributed by atoms with Crippen LogP contribution in [0.1, 0.15) is 11.1 Å². The van der Waals surface area contributed by atoms with Crippen molar-refractivity contribution in [3.8, 4) is 5.75 Å². The molecule has 0 atom stereocenters. The van der Waals surface area contributed by atoms with E-state index in [0.717, 1.165) is 27.6 Å². The first-order valence-electron chi connectivity index (χ1n) is 8.10. The van der Waals surface area contributed by atoms with Gasteiger partial charge in [-0.2, -0.15) is 0 Å². The summed E-state index contributed by atoms with van der Waals surface area (Å²) in [6.45, 7) is 0.578. The Morgan fingerprint density at radius 3 is 2.32 bits per heavy atom. The van der Waals surface area contributed by atoms with Gasteiger partial charge in [0.15, 0.2) is 0 Å². The van der Waals surface area contributed by atoms with Crippen molar-refractivity contribution in [1.82, 2.24) is 4.90 Å². The maximum atomic E-state index is 12.4. The number of nitrogens with zero attached hydrogens (tertiary/aromatic N) is 1. The lowest BCUT2D eigenvalue weighted by Crippen LogP contribution is -2.27. The average Bonchev–Trinajstić information content (AvgIpc) is 2.63. The van der Waals surface area contributed by atoms with Gasteiger partial charge < -0.3 is 9.64 Å². The van der Waals surface area contributed by atoms with E-state index in [1.165, 1.54) is 0 Å². The molecule has 3 aromatic carbocycles. The number of ether oxygens (including phenoxy) is 1. The van der Waals surface area contributed by atoms with Gasteiger partial charge in [0.1, 0.15) is 5.75 Å². The Morgan fingerprint density at radius 2 is 1.60 bits per heavy atom. The fraction of sp³-hybridized carbons (Fsp3) is 0.190. The van der Waals surface area contributed by atoms with Gasteiger partial charge in [-0.15, -0.1) is 0 Å². The molecular formula is C21H20ClNO2. The molecule has 25 heavy (non-hydrogen) atoms. The molecule has 0 fully saturated rings. The smallest absolute Gasteiger partial charge is 0.227 e. The van der Waals surface area contributed by atoms with Gasteiger partial charge in [0.25, 0.3) is 0 Å². The Morgan fingerprint density at radius 1 is 0.960 bits per heavy atom. The van der Waals surface area contributed by atoms with Gasteiger partial charge in [0, 0.05) is 18.6 Å². The number of benzene rings is 3. The molecule has 0 saturated heterocycles. The number of fused-ring (bicyclic) bond motifs is 1. The van der Waals surface area contributed by atoms with E-state index in [0.29, 0.717) is 18.0 Å². The van der Waals surface area contributed by atoms with Gasteiger partial charge in [-0.1, -0.05) is 41.9 Å². The predicted octanol–water partition coefficient (Wildman–Crippen LogP) is 4.70.